The fourth-order valence-corrected chi connectivity index (χ4v) is 4.40. The molecule has 1 aliphatic carbocycles. The third-order valence-electron chi connectivity index (χ3n) is 6.50. The average molecular weight is 449 g/mol. The molecule has 1 aliphatic heterocycles. The molecule has 2 atom stereocenters. The summed E-state index contributed by atoms with van der Waals surface area (Å²) in [6.07, 6.45) is -2.54. The average Bonchev–Trinajstić information content (AvgIpc) is 2.73. The van der Waals surface area contributed by atoms with Gasteiger partial charge in [0.25, 0.3) is 0 Å². The van der Waals surface area contributed by atoms with Gasteiger partial charge in [0.05, 0.1) is 12.0 Å². The van der Waals surface area contributed by atoms with Crippen LogP contribution in [0, 0.1) is 17.7 Å². The molecule has 0 bridgehead atoms. The van der Waals surface area contributed by atoms with E-state index >= 15 is 4.39 Å². The number of nitrogens with zero attached hydrogens (tertiary/aromatic N) is 3. The first kappa shape index (κ1) is 23.9. The van der Waals surface area contributed by atoms with Crippen molar-refractivity contribution in [1.82, 2.24) is 15.3 Å². The summed E-state index contributed by atoms with van der Waals surface area (Å²) >= 11 is 0. The van der Waals surface area contributed by atoms with Gasteiger partial charge in [-0.1, -0.05) is 0 Å². The van der Waals surface area contributed by atoms with Crippen molar-refractivity contribution in [3.63, 3.8) is 0 Å². The predicted octanol–water partition coefficient (Wildman–Crippen LogP) is 2.31. The van der Waals surface area contributed by atoms with Crippen LogP contribution in [0.2, 0.25) is 0 Å². The SMILES string of the molecule is CCN(CC1CCC(C(F)(F)F)CC1)c1ncnc(NCC2(O)CCNCC2O)c1F. The minimum absolute atomic E-state index is 0.0370. The van der Waals surface area contributed by atoms with Crippen LogP contribution in [0.1, 0.15) is 39.0 Å². The molecule has 176 valence electrons. The molecule has 2 fully saturated rings. The molecule has 11 heteroatoms. The summed E-state index contributed by atoms with van der Waals surface area (Å²) in [5.74, 6) is -1.89. The van der Waals surface area contributed by atoms with Crippen molar-refractivity contribution in [1.29, 1.82) is 0 Å². The molecular formula is C20H31F4N5O2. The minimum atomic E-state index is -4.15. The van der Waals surface area contributed by atoms with Gasteiger partial charge < -0.3 is 25.7 Å². The molecule has 2 unspecified atom stereocenters. The number of hydrogen-bond donors (Lipinski definition) is 4. The van der Waals surface area contributed by atoms with Gasteiger partial charge in [-0.05, 0) is 51.5 Å². The first-order valence-corrected chi connectivity index (χ1v) is 10.8. The topological polar surface area (TPSA) is 93.5 Å². The number of halogens is 4. The van der Waals surface area contributed by atoms with Crippen LogP contribution < -0.4 is 15.5 Å². The van der Waals surface area contributed by atoms with Gasteiger partial charge in [0.15, 0.2) is 11.6 Å². The summed E-state index contributed by atoms with van der Waals surface area (Å²) in [7, 11) is 0. The molecule has 3 rings (SSSR count). The van der Waals surface area contributed by atoms with Crippen LogP contribution in [0.15, 0.2) is 6.33 Å². The van der Waals surface area contributed by atoms with Crippen LogP contribution in [-0.4, -0.2) is 70.8 Å². The van der Waals surface area contributed by atoms with Crippen molar-refractivity contribution in [2.75, 3.05) is 42.9 Å². The van der Waals surface area contributed by atoms with Gasteiger partial charge in [0.1, 0.15) is 11.9 Å². The fraction of sp³-hybridized carbons (Fsp3) is 0.800. The highest BCUT2D eigenvalue weighted by atomic mass is 19.4. The highest BCUT2D eigenvalue weighted by Gasteiger charge is 2.42. The van der Waals surface area contributed by atoms with Crippen LogP contribution in [0.25, 0.3) is 0 Å². The van der Waals surface area contributed by atoms with Gasteiger partial charge in [0, 0.05) is 26.2 Å². The van der Waals surface area contributed by atoms with Gasteiger partial charge >= 0.3 is 6.18 Å². The smallest absolute Gasteiger partial charge is 0.389 e. The number of aliphatic hydroxyl groups is 2. The Labute approximate surface area is 179 Å². The molecule has 7 nitrogen and oxygen atoms in total. The molecule has 2 aliphatic rings. The minimum Gasteiger partial charge on any atom is -0.389 e. The second-order valence-corrected chi connectivity index (χ2v) is 8.58. The van der Waals surface area contributed by atoms with Crippen LogP contribution in [-0.2, 0) is 0 Å². The number of anilines is 2. The number of β-amino-alcohol motifs (C(OH)–C–C–N with tert-alkyl or cyclic N) is 1. The molecule has 0 amide bonds. The number of aliphatic hydroxyl groups excluding tert-OH is 1. The van der Waals surface area contributed by atoms with E-state index < -0.39 is 29.6 Å². The zero-order chi connectivity index (χ0) is 22.6. The number of piperidine rings is 1. The molecule has 0 aromatic carbocycles. The Balaban J connectivity index is 1.63. The summed E-state index contributed by atoms with van der Waals surface area (Å²) in [6.45, 7) is 3.41. The molecule has 31 heavy (non-hydrogen) atoms. The lowest BCUT2D eigenvalue weighted by atomic mass is 9.81. The largest absolute Gasteiger partial charge is 0.391 e. The predicted molar refractivity (Wildman–Crippen MR) is 108 cm³/mol. The molecule has 1 saturated heterocycles. The highest BCUT2D eigenvalue weighted by molar-refractivity contribution is 5.51. The van der Waals surface area contributed by atoms with Gasteiger partial charge in [-0.15, -0.1) is 0 Å². The molecule has 2 heterocycles. The lowest BCUT2D eigenvalue weighted by Crippen LogP contribution is -2.57. The lowest BCUT2D eigenvalue weighted by Gasteiger charge is -2.37. The van der Waals surface area contributed by atoms with E-state index in [-0.39, 0.29) is 43.5 Å². The number of aromatic nitrogens is 2. The first-order chi connectivity index (χ1) is 14.6. The Hall–Kier alpha value is -1.72. The highest BCUT2D eigenvalue weighted by Crippen LogP contribution is 2.40. The molecule has 1 saturated carbocycles. The van der Waals surface area contributed by atoms with Crippen molar-refractivity contribution in [3.8, 4) is 0 Å². The van der Waals surface area contributed by atoms with Crippen LogP contribution in [0.3, 0.4) is 0 Å². The Morgan fingerprint density at radius 2 is 1.97 bits per heavy atom. The van der Waals surface area contributed by atoms with E-state index in [9.17, 15) is 23.4 Å². The molecule has 4 N–H and O–H groups in total. The second-order valence-electron chi connectivity index (χ2n) is 8.58. The van der Waals surface area contributed by atoms with Crippen LogP contribution >= 0.6 is 0 Å². The van der Waals surface area contributed by atoms with Gasteiger partial charge in [-0.25, -0.2) is 9.97 Å². The third-order valence-corrected chi connectivity index (χ3v) is 6.50. The molecule has 0 radical (unpaired) electrons. The maximum Gasteiger partial charge on any atom is 0.391 e. The summed E-state index contributed by atoms with van der Waals surface area (Å²) in [4.78, 5) is 9.69. The normalized spacial score (nSPS) is 29.6. The van der Waals surface area contributed by atoms with Gasteiger partial charge in [0.2, 0.25) is 5.82 Å². The van der Waals surface area contributed by atoms with Crippen molar-refractivity contribution < 1.29 is 27.8 Å². The summed E-state index contributed by atoms with van der Waals surface area (Å²) < 4.78 is 53.8. The fourth-order valence-electron chi connectivity index (χ4n) is 4.40. The molecule has 1 aromatic heterocycles. The molecular weight excluding hydrogens is 418 g/mol. The second kappa shape index (κ2) is 9.83. The summed E-state index contributed by atoms with van der Waals surface area (Å²) in [5, 5.41) is 26.4. The Morgan fingerprint density at radius 3 is 2.58 bits per heavy atom. The summed E-state index contributed by atoms with van der Waals surface area (Å²) in [5.41, 5.74) is -1.40. The van der Waals surface area contributed by atoms with Crippen molar-refractivity contribution >= 4 is 11.6 Å². The van der Waals surface area contributed by atoms with E-state index in [1.54, 1.807) is 4.90 Å². The zero-order valence-corrected chi connectivity index (χ0v) is 17.6. The van der Waals surface area contributed by atoms with E-state index in [1.165, 1.54) is 6.33 Å². The quantitative estimate of drug-likeness (QED) is 0.475. The van der Waals surface area contributed by atoms with Crippen molar-refractivity contribution in [3.05, 3.63) is 12.1 Å². The Kier molecular flexibility index (Phi) is 7.59. The first-order valence-electron chi connectivity index (χ1n) is 10.8. The van der Waals surface area contributed by atoms with Crippen molar-refractivity contribution in [2.45, 2.75) is 56.9 Å². The molecule has 0 spiro atoms. The Bertz CT molecular complexity index is 730. The van der Waals surface area contributed by atoms with E-state index in [4.69, 9.17) is 0 Å². The maximum atomic E-state index is 15.1. The van der Waals surface area contributed by atoms with Gasteiger partial charge in [-0.3, -0.25) is 0 Å². The number of alkyl halides is 3. The monoisotopic (exact) mass is 449 g/mol. The van der Waals surface area contributed by atoms with E-state index in [2.05, 4.69) is 20.6 Å². The van der Waals surface area contributed by atoms with Crippen LogP contribution in [0.4, 0.5) is 29.2 Å². The summed E-state index contributed by atoms with van der Waals surface area (Å²) in [6, 6.07) is 0. The van der Waals surface area contributed by atoms with Crippen molar-refractivity contribution in [2.24, 2.45) is 11.8 Å². The van der Waals surface area contributed by atoms with E-state index in [0.29, 0.717) is 38.9 Å². The number of rotatable bonds is 7. The lowest BCUT2D eigenvalue weighted by molar-refractivity contribution is -0.183. The Morgan fingerprint density at radius 1 is 1.26 bits per heavy atom. The number of nitrogens with one attached hydrogen (secondary N) is 2. The third kappa shape index (κ3) is 5.75. The molecule has 1 aromatic rings. The maximum absolute atomic E-state index is 15.1. The van der Waals surface area contributed by atoms with Gasteiger partial charge in [-0.2, -0.15) is 17.6 Å². The zero-order valence-electron chi connectivity index (χ0n) is 17.6. The van der Waals surface area contributed by atoms with Crippen LogP contribution in [0.5, 0.6) is 0 Å². The number of hydrogen-bond acceptors (Lipinski definition) is 7. The standard InChI is InChI=1S/C20H31F4N5O2/c1-2-29(10-13-3-5-14(6-4-13)20(22,23)24)18-16(21)17(27-12-28-18)26-11-19(31)7-8-25-9-15(19)30/h12-15,25,30-31H,2-11H2,1H3,(H,26,27,28). The van der Waals surface area contributed by atoms with E-state index in [1.807, 2.05) is 6.92 Å². The van der Waals surface area contributed by atoms with E-state index in [0.717, 1.165) is 0 Å².